The Kier molecular flexibility index (Phi) is 11.7. The summed E-state index contributed by atoms with van der Waals surface area (Å²) in [5, 5.41) is 0. The van der Waals surface area contributed by atoms with Gasteiger partial charge in [0.2, 0.25) is 11.5 Å². The molecule has 0 N–H and O–H groups in total. The third-order valence-electron chi connectivity index (χ3n) is 4.51. The highest BCUT2D eigenvalue weighted by Gasteiger charge is 2.29. The number of allylic oxidation sites excluding steroid dienone is 2. The fourth-order valence-electron chi connectivity index (χ4n) is 2.92. The van der Waals surface area contributed by atoms with E-state index in [1.807, 2.05) is 0 Å². The van der Waals surface area contributed by atoms with Crippen LogP contribution < -0.4 is 0 Å². The first kappa shape index (κ1) is 22.4. The summed E-state index contributed by atoms with van der Waals surface area (Å²) in [4.78, 5) is 35.8. The molecule has 0 amide bonds. The Bertz CT molecular complexity index is 493. The van der Waals surface area contributed by atoms with Gasteiger partial charge in [-0.2, -0.15) is 0 Å². The van der Waals surface area contributed by atoms with Crippen LogP contribution in [0.15, 0.2) is 11.5 Å². The maximum atomic E-state index is 11.9. The van der Waals surface area contributed by atoms with Gasteiger partial charge in [-0.05, 0) is 12.8 Å². The average Bonchev–Trinajstić information content (AvgIpc) is 2.94. The van der Waals surface area contributed by atoms with Crippen LogP contribution in [0.3, 0.4) is 0 Å². The summed E-state index contributed by atoms with van der Waals surface area (Å²) in [5.74, 6) is -0.843. The van der Waals surface area contributed by atoms with Crippen molar-refractivity contribution in [3.63, 3.8) is 0 Å². The first-order valence-corrected chi connectivity index (χ1v) is 10.3. The molecular weight excluding hydrogens is 332 g/mol. The Labute approximate surface area is 157 Å². The molecule has 0 aromatic rings. The molecule has 0 spiro atoms. The van der Waals surface area contributed by atoms with Gasteiger partial charge in [0.05, 0.1) is 0 Å². The number of esters is 2. The van der Waals surface area contributed by atoms with Gasteiger partial charge >= 0.3 is 11.9 Å². The first-order chi connectivity index (χ1) is 12.6. The minimum atomic E-state index is -0.417. The Morgan fingerprint density at radius 1 is 0.731 bits per heavy atom. The molecule has 0 radical (unpaired) electrons. The van der Waals surface area contributed by atoms with Crippen molar-refractivity contribution in [3.8, 4) is 0 Å². The molecule has 26 heavy (non-hydrogen) atoms. The highest BCUT2D eigenvalue weighted by atomic mass is 16.6. The summed E-state index contributed by atoms with van der Waals surface area (Å²) in [6.07, 6.45) is 11.6. The smallest absolute Gasteiger partial charge is 0.311 e. The van der Waals surface area contributed by atoms with Crippen molar-refractivity contribution in [2.24, 2.45) is 0 Å². The van der Waals surface area contributed by atoms with E-state index in [9.17, 15) is 14.4 Å². The van der Waals surface area contributed by atoms with Gasteiger partial charge in [-0.25, -0.2) is 0 Å². The molecule has 148 valence electrons. The summed E-state index contributed by atoms with van der Waals surface area (Å²) in [6, 6.07) is 0. The highest BCUT2D eigenvalue weighted by molar-refractivity contribution is 5.98. The highest BCUT2D eigenvalue weighted by Crippen LogP contribution is 2.26. The third-order valence-corrected chi connectivity index (χ3v) is 4.51. The van der Waals surface area contributed by atoms with E-state index in [0.29, 0.717) is 19.3 Å². The molecule has 0 fully saturated rings. The third kappa shape index (κ3) is 9.16. The SMILES string of the molecule is CCCCCCCC(=O)OC1=C(OC(=O)CCCCCCC)C(=O)CC1. The van der Waals surface area contributed by atoms with E-state index in [1.165, 1.54) is 6.42 Å². The van der Waals surface area contributed by atoms with Crippen LogP contribution in [0, 0.1) is 0 Å². The Balaban J connectivity index is 2.38. The number of hydrogen-bond donors (Lipinski definition) is 0. The molecule has 0 unspecified atom stereocenters. The molecular formula is C21H34O5. The summed E-state index contributed by atoms with van der Waals surface area (Å²) in [7, 11) is 0. The van der Waals surface area contributed by atoms with Gasteiger partial charge in [0, 0.05) is 25.7 Å². The van der Waals surface area contributed by atoms with E-state index in [0.717, 1.165) is 57.8 Å². The molecule has 0 aromatic heterocycles. The van der Waals surface area contributed by atoms with Crippen LogP contribution in [0.1, 0.15) is 104 Å². The molecule has 0 aromatic carbocycles. The zero-order valence-electron chi connectivity index (χ0n) is 16.4. The molecule has 1 aliphatic carbocycles. The molecule has 0 atom stereocenters. The van der Waals surface area contributed by atoms with E-state index < -0.39 is 5.97 Å². The number of Topliss-reactive ketones (excluding diaryl/α,β-unsaturated/α-hetero) is 1. The van der Waals surface area contributed by atoms with E-state index in [1.54, 1.807) is 0 Å². The van der Waals surface area contributed by atoms with E-state index in [4.69, 9.17) is 9.47 Å². The van der Waals surface area contributed by atoms with Crippen molar-refractivity contribution >= 4 is 17.7 Å². The lowest BCUT2D eigenvalue weighted by Gasteiger charge is -2.08. The van der Waals surface area contributed by atoms with Crippen LogP contribution >= 0.6 is 0 Å². The Morgan fingerprint density at radius 3 is 1.77 bits per heavy atom. The first-order valence-electron chi connectivity index (χ1n) is 10.3. The van der Waals surface area contributed by atoms with Crippen molar-refractivity contribution in [2.75, 3.05) is 0 Å². The van der Waals surface area contributed by atoms with Crippen LogP contribution in [0.5, 0.6) is 0 Å². The van der Waals surface area contributed by atoms with Crippen molar-refractivity contribution in [1.29, 1.82) is 0 Å². The molecule has 0 aliphatic heterocycles. The Morgan fingerprint density at radius 2 is 1.23 bits per heavy atom. The van der Waals surface area contributed by atoms with Gasteiger partial charge in [0.25, 0.3) is 0 Å². The molecule has 0 saturated heterocycles. The van der Waals surface area contributed by atoms with E-state index >= 15 is 0 Å². The molecule has 1 aliphatic rings. The number of carbonyl (C=O) groups is 3. The van der Waals surface area contributed by atoms with Gasteiger partial charge in [-0.15, -0.1) is 0 Å². The predicted octanol–water partition coefficient (Wildman–Crippen LogP) is 5.37. The Hall–Kier alpha value is -1.65. The maximum absolute atomic E-state index is 11.9. The van der Waals surface area contributed by atoms with Crippen molar-refractivity contribution in [3.05, 3.63) is 11.5 Å². The predicted molar refractivity (Wildman–Crippen MR) is 100 cm³/mol. The molecule has 0 heterocycles. The lowest BCUT2D eigenvalue weighted by molar-refractivity contribution is -0.145. The van der Waals surface area contributed by atoms with Gasteiger partial charge in [-0.3, -0.25) is 14.4 Å². The van der Waals surface area contributed by atoms with Gasteiger partial charge < -0.3 is 9.47 Å². The standard InChI is InChI=1S/C21H34O5/c1-3-5-7-9-11-13-19(23)25-18-16-15-17(22)21(18)26-20(24)14-12-10-8-6-4-2/h3-16H2,1-2H3. The number of rotatable bonds is 14. The van der Waals surface area contributed by atoms with Gasteiger partial charge in [-0.1, -0.05) is 65.2 Å². The number of carbonyl (C=O) groups excluding carboxylic acids is 3. The zero-order valence-corrected chi connectivity index (χ0v) is 16.4. The summed E-state index contributed by atoms with van der Waals surface area (Å²) in [6.45, 7) is 4.28. The second-order valence-corrected chi connectivity index (χ2v) is 6.95. The molecule has 5 heteroatoms. The summed E-state index contributed by atoms with van der Waals surface area (Å²) >= 11 is 0. The lowest BCUT2D eigenvalue weighted by Crippen LogP contribution is -2.11. The molecule has 5 nitrogen and oxygen atoms in total. The van der Waals surface area contributed by atoms with E-state index in [2.05, 4.69) is 13.8 Å². The minimum absolute atomic E-state index is 0.0529. The normalized spacial score (nSPS) is 14.0. The van der Waals surface area contributed by atoms with Crippen molar-refractivity contribution < 1.29 is 23.9 Å². The summed E-state index contributed by atoms with van der Waals surface area (Å²) in [5.41, 5.74) is 0. The van der Waals surface area contributed by atoms with Crippen molar-refractivity contribution in [2.45, 2.75) is 104 Å². The van der Waals surface area contributed by atoms with Crippen LogP contribution in [0.4, 0.5) is 0 Å². The van der Waals surface area contributed by atoms with Crippen LogP contribution in [-0.2, 0) is 23.9 Å². The maximum Gasteiger partial charge on any atom is 0.311 e. The second-order valence-electron chi connectivity index (χ2n) is 6.95. The average molecular weight is 366 g/mol. The zero-order chi connectivity index (χ0) is 19.2. The lowest BCUT2D eigenvalue weighted by atomic mass is 10.1. The van der Waals surface area contributed by atoms with Gasteiger partial charge in [0.15, 0.2) is 5.76 Å². The number of ketones is 1. The molecule has 1 rings (SSSR count). The minimum Gasteiger partial charge on any atom is -0.427 e. The topological polar surface area (TPSA) is 69.7 Å². The van der Waals surface area contributed by atoms with Crippen LogP contribution in [0.25, 0.3) is 0 Å². The largest absolute Gasteiger partial charge is 0.427 e. The fourth-order valence-corrected chi connectivity index (χ4v) is 2.92. The number of hydrogen-bond acceptors (Lipinski definition) is 5. The number of ether oxygens (including phenoxy) is 2. The quantitative estimate of drug-likeness (QED) is 0.305. The van der Waals surface area contributed by atoms with Gasteiger partial charge in [0.1, 0.15) is 0 Å². The fraction of sp³-hybridized carbons (Fsp3) is 0.762. The van der Waals surface area contributed by atoms with E-state index in [-0.39, 0.29) is 29.7 Å². The second kappa shape index (κ2) is 13.5. The van der Waals surface area contributed by atoms with Crippen molar-refractivity contribution in [1.82, 2.24) is 0 Å². The summed E-state index contributed by atoms with van der Waals surface area (Å²) < 4.78 is 10.5. The number of unbranched alkanes of at least 4 members (excludes halogenated alkanes) is 8. The monoisotopic (exact) mass is 366 g/mol. The van der Waals surface area contributed by atoms with Crippen LogP contribution in [-0.4, -0.2) is 17.7 Å². The molecule has 0 saturated carbocycles. The van der Waals surface area contributed by atoms with Crippen LogP contribution in [0.2, 0.25) is 0 Å². The molecule has 0 bridgehead atoms.